The molecule has 0 aromatic rings. The smallest absolute Gasteiger partial charge is 0.0169 e. The zero-order valence-electron chi connectivity index (χ0n) is 55.9. The van der Waals surface area contributed by atoms with E-state index in [9.17, 15) is 0 Å². The van der Waals surface area contributed by atoms with Crippen LogP contribution in [-0.4, -0.2) is 0 Å². The van der Waals surface area contributed by atoms with E-state index in [1.54, 1.807) is 0 Å². The maximum atomic E-state index is 3.69. The third kappa shape index (κ3) is 94.8. The Morgan fingerprint density at radius 2 is 0.408 bits per heavy atom. The van der Waals surface area contributed by atoms with Crippen LogP contribution >= 0.6 is 0 Å². The minimum absolute atomic E-state index is 0.516. The molecule has 0 nitrogen and oxygen atoms in total. The number of unbranched alkanes of at least 4 members (excludes halogenated alkanes) is 32. The molecule has 0 saturated carbocycles. The maximum Gasteiger partial charge on any atom is -0.0169 e. The predicted octanol–water partition coefficient (Wildman–Crippen LogP) is 28.7. The first-order valence-electron chi connectivity index (χ1n) is 34.1. The van der Waals surface area contributed by atoms with Crippen molar-refractivity contribution in [3.05, 3.63) is 73.4 Å². The second-order valence-electron chi connectivity index (χ2n) is 28.1. The minimum atomic E-state index is 0.516. The molecule has 452 valence electrons. The second kappa shape index (κ2) is 62.6. The van der Waals surface area contributed by atoms with Gasteiger partial charge in [0.1, 0.15) is 0 Å². The Labute approximate surface area is 485 Å². The Kier molecular flexibility index (Phi) is 66.7. The molecule has 0 aromatic carbocycles. The fourth-order valence-electron chi connectivity index (χ4n) is 9.20. The van der Waals surface area contributed by atoms with Crippen LogP contribution in [0.2, 0.25) is 0 Å². The SMILES string of the molecule is C=CC/C=C\C/C=C\CCCCCCCC(C)(C)C.CCC/C=C\C/C=C\CCCCCCCC(C)(C)C.CCCCCC/C=C\CCCCCCCC(C)(C)C.CCCCCCCCCCCCCCCC(C)(C)C. The van der Waals surface area contributed by atoms with Crippen molar-refractivity contribution in [2.45, 2.75) is 393 Å². The van der Waals surface area contributed by atoms with Crippen molar-refractivity contribution in [1.29, 1.82) is 0 Å². The molecule has 0 atom stereocenters. The van der Waals surface area contributed by atoms with E-state index in [2.05, 4.69) is 171 Å². The number of hydrogen-bond donors (Lipinski definition) is 0. The molecule has 0 aromatic heterocycles. The standard InChI is InChI=1S/C19H40.C19H38.C19H36.C19H34/c4*1-5-6-7-8-9-10-11-12-13-14-15-16-17-18-19(2,3)4/h5-18H2,1-4H3;10-11H,5-9,12-18H2,1-4H3;7-8,10-11H,5-6,9,12-18H2,1-4H3;5,7-8,10-11H,1,6,9,12-18H2,2-4H3/b;11-10-;2*8-7-,11-10-. The monoisotopic (exact) mass is 1060 g/mol. The lowest BCUT2D eigenvalue weighted by molar-refractivity contribution is 0.356. The molecule has 0 saturated heterocycles. The first-order chi connectivity index (χ1) is 36.2. The molecule has 0 amide bonds. The van der Waals surface area contributed by atoms with Gasteiger partial charge in [0.2, 0.25) is 0 Å². The van der Waals surface area contributed by atoms with E-state index < -0.39 is 0 Å². The molecule has 0 heteroatoms. The zero-order chi connectivity index (χ0) is 57.6. The number of hydrogen-bond acceptors (Lipinski definition) is 0. The summed E-state index contributed by atoms with van der Waals surface area (Å²) >= 11 is 0. The molecular formula is C76H148. The van der Waals surface area contributed by atoms with Gasteiger partial charge in [-0.1, -0.05) is 357 Å². The molecule has 0 rings (SSSR count). The fourth-order valence-corrected chi connectivity index (χ4v) is 9.20. The molecule has 0 spiro atoms. The van der Waals surface area contributed by atoms with E-state index in [-0.39, 0.29) is 0 Å². The Balaban J connectivity index is -0.000000455. The van der Waals surface area contributed by atoms with Crippen molar-refractivity contribution in [3.63, 3.8) is 0 Å². The molecule has 0 fully saturated rings. The fraction of sp³-hybridized carbons (Fsp3) is 0.842. The van der Waals surface area contributed by atoms with Gasteiger partial charge >= 0.3 is 0 Å². The largest absolute Gasteiger partial charge is 0.103 e. The highest BCUT2D eigenvalue weighted by atomic mass is 14.2. The van der Waals surface area contributed by atoms with Crippen LogP contribution < -0.4 is 0 Å². The zero-order valence-corrected chi connectivity index (χ0v) is 55.9. The van der Waals surface area contributed by atoms with E-state index in [0.717, 1.165) is 19.3 Å². The van der Waals surface area contributed by atoms with Crippen LogP contribution in [0.5, 0.6) is 0 Å². The van der Waals surface area contributed by atoms with Crippen LogP contribution in [0.1, 0.15) is 393 Å². The van der Waals surface area contributed by atoms with Crippen LogP contribution in [-0.2, 0) is 0 Å². The summed E-state index contributed by atoms with van der Waals surface area (Å²) in [5.41, 5.74) is 2.11. The molecule has 0 N–H and O–H groups in total. The van der Waals surface area contributed by atoms with Gasteiger partial charge in [0.25, 0.3) is 0 Å². The number of rotatable bonds is 47. The molecule has 0 unspecified atom stereocenters. The topological polar surface area (TPSA) is 0 Å². The first-order valence-corrected chi connectivity index (χ1v) is 34.1. The summed E-state index contributed by atoms with van der Waals surface area (Å²) in [7, 11) is 0. The van der Waals surface area contributed by atoms with Gasteiger partial charge in [0.15, 0.2) is 0 Å². The molecular weight excluding hydrogens is 913 g/mol. The lowest BCUT2D eigenvalue weighted by Crippen LogP contribution is -2.03. The lowest BCUT2D eigenvalue weighted by Gasteiger charge is -2.17. The Morgan fingerprint density at radius 3 is 0.658 bits per heavy atom. The molecule has 0 aliphatic heterocycles. The van der Waals surface area contributed by atoms with Gasteiger partial charge in [0, 0.05) is 0 Å². The Hall–Kier alpha value is -1.56. The van der Waals surface area contributed by atoms with E-state index in [4.69, 9.17) is 0 Å². The molecule has 76 heavy (non-hydrogen) atoms. The summed E-state index contributed by atoms with van der Waals surface area (Å²) in [6.07, 6.45) is 86.8. The number of allylic oxidation sites excluding steroid dienone is 11. The Bertz CT molecular complexity index is 1220. The highest BCUT2D eigenvalue weighted by molar-refractivity contribution is 4.95. The van der Waals surface area contributed by atoms with Gasteiger partial charge in [-0.05, 0) is 124 Å². The van der Waals surface area contributed by atoms with Gasteiger partial charge in [-0.2, -0.15) is 0 Å². The van der Waals surface area contributed by atoms with Crippen LogP contribution in [0, 0.1) is 21.7 Å². The van der Waals surface area contributed by atoms with Gasteiger partial charge in [-0.25, -0.2) is 0 Å². The third-order valence-corrected chi connectivity index (χ3v) is 14.3. The van der Waals surface area contributed by atoms with Crippen molar-refractivity contribution < 1.29 is 0 Å². The minimum Gasteiger partial charge on any atom is -0.103 e. The lowest BCUT2D eigenvalue weighted by atomic mass is 9.89. The molecule has 0 aliphatic rings. The van der Waals surface area contributed by atoms with Gasteiger partial charge in [-0.3, -0.25) is 0 Å². The van der Waals surface area contributed by atoms with E-state index in [1.807, 2.05) is 6.08 Å². The molecule has 0 radical (unpaired) electrons. The molecule has 0 bridgehead atoms. The van der Waals surface area contributed by atoms with Gasteiger partial charge < -0.3 is 0 Å². The summed E-state index contributed by atoms with van der Waals surface area (Å²) in [6, 6.07) is 0. The van der Waals surface area contributed by atoms with Crippen LogP contribution in [0.15, 0.2) is 73.4 Å². The van der Waals surface area contributed by atoms with Gasteiger partial charge in [-0.15, -0.1) is 6.58 Å². The summed E-state index contributed by atoms with van der Waals surface area (Å²) < 4.78 is 0. The third-order valence-electron chi connectivity index (χ3n) is 14.3. The highest BCUT2D eigenvalue weighted by Gasteiger charge is 2.11. The van der Waals surface area contributed by atoms with Crippen molar-refractivity contribution >= 4 is 0 Å². The summed E-state index contributed by atoms with van der Waals surface area (Å²) in [5, 5.41) is 0. The quantitative estimate of drug-likeness (QED) is 0.0421. The average Bonchev–Trinajstić information content (AvgIpc) is 3.34. The van der Waals surface area contributed by atoms with Crippen molar-refractivity contribution in [2.24, 2.45) is 21.7 Å². The van der Waals surface area contributed by atoms with E-state index in [0.29, 0.717) is 21.7 Å². The van der Waals surface area contributed by atoms with Crippen LogP contribution in [0.25, 0.3) is 0 Å². The first kappa shape index (κ1) is 80.9. The van der Waals surface area contributed by atoms with Crippen molar-refractivity contribution in [2.75, 3.05) is 0 Å². The maximum absolute atomic E-state index is 3.69. The van der Waals surface area contributed by atoms with Crippen molar-refractivity contribution in [3.8, 4) is 0 Å². The molecule has 0 aliphatic carbocycles. The predicted molar refractivity (Wildman–Crippen MR) is 359 cm³/mol. The van der Waals surface area contributed by atoms with E-state index >= 15 is 0 Å². The van der Waals surface area contributed by atoms with Crippen LogP contribution in [0.3, 0.4) is 0 Å². The van der Waals surface area contributed by atoms with Crippen LogP contribution in [0.4, 0.5) is 0 Å². The van der Waals surface area contributed by atoms with Gasteiger partial charge in [0.05, 0.1) is 0 Å². The summed E-state index contributed by atoms with van der Waals surface area (Å²) in [5.74, 6) is 0. The van der Waals surface area contributed by atoms with E-state index in [1.165, 1.54) is 270 Å². The Morgan fingerprint density at radius 1 is 0.211 bits per heavy atom. The highest BCUT2D eigenvalue weighted by Crippen LogP contribution is 2.26. The summed E-state index contributed by atoms with van der Waals surface area (Å²) in [4.78, 5) is 0. The average molecular weight is 1060 g/mol. The normalized spacial score (nSPS) is 12.5. The summed E-state index contributed by atoms with van der Waals surface area (Å²) in [6.45, 7) is 38.6. The molecule has 0 heterocycles. The second-order valence-corrected chi connectivity index (χ2v) is 28.1. The van der Waals surface area contributed by atoms with Crippen molar-refractivity contribution in [1.82, 2.24) is 0 Å².